The van der Waals surface area contributed by atoms with Crippen LogP contribution in [0.2, 0.25) is 0 Å². The normalized spacial score (nSPS) is 13.6. The molecule has 0 N–H and O–H groups in total. The van der Waals surface area contributed by atoms with Gasteiger partial charge in [0.2, 0.25) is 0 Å². The summed E-state index contributed by atoms with van der Waals surface area (Å²) in [7, 11) is 0. The van der Waals surface area contributed by atoms with E-state index in [-0.39, 0.29) is 28.5 Å². The first kappa shape index (κ1) is 53.0. The van der Waals surface area contributed by atoms with E-state index >= 15 is 0 Å². The molecule has 5 heterocycles. The van der Waals surface area contributed by atoms with E-state index in [0.717, 1.165) is 101 Å². The van der Waals surface area contributed by atoms with E-state index in [0.29, 0.717) is 0 Å². The van der Waals surface area contributed by atoms with Gasteiger partial charge in [0.15, 0.2) is 5.58 Å². The second kappa shape index (κ2) is 18.9. The summed E-state index contributed by atoms with van der Waals surface area (Å²) < 4.78 is 17.4. The molecule has 0 amide bonds. The van der Waals surface area contributed by atoms with E-state index in [1.54, 1.807) is 0 Å². The summed E-state index contributed by atoms with van der Waals surface area (Å²) in [6, 6.07) is 77.3. The third-order valence-electron chi connectivity index (χ3n) is 18.1. The molecule has 0 saturated carbocycles. The number of para-hydroxylation sites is 1. The van der Waals surface area contributed by atoms with Crippen LogP contribution in [0.4, 0.5) is 45.5 Å². The van der Waals surface area contributed by atoms with Gasteiger partial charge in [0, 0.05) is 76.0 Å². The number of hydrogen-bond acceptors (Lipinski definition) is 6. The molecule has 0 aliphatic carbocycles. The number of nitrogens with zero attached hydrogens (tertiary/aromatic N) is 3. The minimum Gasteiger partial charge on any atom is -0.466 e. The van der Waals surface area contributed by atoms with Crippen LogP contribution in [0.1, 0.15) is 105 Å². The number of furan rings is 2. The fourth-order valence-corrected chi connectivity index (χ4v) is 14.5. The molecule has 0 unspecified atom stereocenters. The third kappa shape index (κ3) is 8.63. The SMILES string of the molecule is CC(C)(C)c1ccc(N2B3c4oc5cc(-c6ccccc6)ccc5c4N(c4ccc(C(C)(C)C)cc4)c4c3c(cc3c4oc4ccccc43)-c3cc4c(cc32)sc2cc(N(c3ccc(C(C)(C)C)cc3)c3ccc(C(C)(C)C)cc3)ccc24)cc1. The summed E-state index contributed by atoms with van der Waals surface area (Å²) in [5, 5.41) is 5.69. The smallest absolute Gasteiger partial charge is 0.376 e. The molecule has 5 nitrogen and oxygen atoms in total. The van der Waals surface area contributed by atoms with Crippen LogP contribution in [0.5, 0.6) is 0 Å². The molecule has 2 aliphatic rings. The fraction of sp³-hybridized carbons (Fsp3) is 0.205. The maximum Gasteiger partial charge on any atom is 0.376 e. The molecule has 0 spiro atoms. The highest BCUT2D eigenvalue weighted by Crippen LogP contribution is 2.55. The Morgan fingerprint density at radius 3 is 1.53 bits per heavy atom. The van der Waals surface area contributed by atoms with Crippen molar-refractivity contribution < 1.29 is 8.83 Å². The first-order valence-corrected chi connectivity index (χ1v) is 30.9. The van der Waals surface area contributed by atoms with E-state index in [2.05, 4.69) is 304 Å². The molecule has 3 aromatic heterocycles. The van der Waals surface area contributed by atoms with Crippen molar-refractivity contribution in [2.24, 2.45) is 0 Å². The van der Waals surface area contributed by atoms with Gasteiger partial charge in [-0.25, -0.2) is 0 Å². The van der Waals surface area contributed by atoms with Crippen LogP contribution in [0.15, 0.2) is 215 Å². The minimum atomic E-state index is -0.385. The van der Waals surface area contributed by atoms with Crippen molar-refractivity contribution in [2.45, 2.75) is 105 Å². The maximum atomic E-state index is 7.62. The van der Waals surface area contributed by atoms with Gasteiger partial charge >= 0.3 is 6.85 Å². The molecule has 0 bridgehead atoms. The topological polar surface area (TPSA) is 36.0 Å². The Morgan fingerprint density at radius 2 is 0.918 bits per heavy atom. The van der Waals surface area contributed by atoms with Crippen LogP contribution in [0.25, 0.3) is 75.3 Å². The molecule has 10 aromatic carbocycles. The third-order valence-corrected chi connectivity index (χ3v) is 19.2. The Bertz CT molecular complexity index is 4730. The Labute approximate surface area is 503 Å². The molecule has 0 fully saturated rings. The summed E-state index contributed by atoms with van der Waals surface area (Å²) in [5.74, 6) is 0. The van der Waals surface area contributed by atoms with E-state index in [1.165, 1.54) is 53.6 Å². The maximum absolute atomic E-state index is 7.62. The first-order chi connectivity index (χ1) is 40.7. The summed E-state index contributed by atoms with van der Waals surface area (Å²) in [6.07, 6.45) is 0. The van der Waals surface area contributed by atoms with Gasteiger partial charge in [-0.1, -0.05) is 192 Å². The molecule has 15 rings (SSSR count). The van der Waals surface area contributed by atoms with Gasteiger partial charge in [-0.3, -0.25) is 0 Å². The molecule has 0 radical (unpaired) electrons. The van der Waals surface area contributed by atoms with Crippen molar-refractivity contribution in [3.63, 3.8) is 0 Å². The number of anilines is 8. The molecule has 7 heteroatoms. The molecule has 13 aromatic rings. The number of fused-ring (bicyclic) bond motifs is 13. The predicted octanol–water partition coefficient (Wildman–Crippen LogP) is 21.7. The average Bonchev–Trinajstić information content (AvgIpc) is 2.07. The minimum absolute atomic E-state index is 0.0353. The van der Waals surface area contributed by atoms with Crippen LogP contribution in [0.3, 0.4) is 0 Å². The van der Waals surface area contributed by atoms with Gasteiger partial charge in [-0.15, -0.1) is 11.3 Å². The van der Waals surface area contributed by atoms with Crippen molar-refractivity contribution in [2.75, 3.05) is 14.6 Å². The lowest BCUT2D eigenvalue weighted by Crippen LogP contribution is -2.61. The summed E-state index contributed by atoms with van der Waals surface area (Å²) >= 11 is 1.87. The zero-order valence-corrected chi connectivity index (χ0v) is 51.6. The molecule has 85 heavy (non-hydrogen) atoms. The highest BCUT2D eigenvalue weighted by molar-refractivity contribution is 7.26. The highest BCUT2D eigenvalue weighted by atomic mass is 32.1. The standard InChI is InChI=1S/C78H70BN3O2S/c1-75(2,3)49-23-31-53(32-24-49)80(54-33-25-50(26-34-54)76(4,5)6)57-39-41-59-62-44-61-63-45-64-58-20-16-17-21-66(58)83-73(64)72-70(63)79(82(65(61)46-69(62)85-68(59)43-57)56-37-29-52(30-38-56)78(10,11)12)74-71(81(72)55-35-27-51(28-36-55)77(7,8)9)60-40-22-48(42-67(60)84-74)47-18-14-13-15-19-47/h13-46H,1-12H3. The van der Waals surface area contributed by atoms with Crippen molar-refractivity contribution in [1.82, 2.24) is 0 Å². The van der Waals surface area contributed by atoms with Crippen molar-refractivity contribution in [1.29, 1.82) is 0 Å². The van der Waals surface area contributed by atoms with E-state index in [9.17, 15) is 0 Å². The number of rotatable bonds is 6. The average molecular weight is 1120 g/mol. The van der Waals surface area contributed by atoms with E-state index < -0.39 is 0 Å². The molecule has 2 aliphatic heterocycles. The van der Waals surface area contributed by atoms with E-state index in [1.807, 2.05) is 11.3 Å². The summed E-state index contributed by atoms with van der Waals surface area (Å²) in [6.45, 7) is 27.0. The summed E-state index contributed by atoms with van der Waals surface area (Å²) in [5.41, 5.74) is 23.1. The van der Waals surface area contributed by atoms with Crippen LogP contribution >= 0.6 is 11.3 Å². The highest BCUT2D eigenvalue weighted by Gasteiger charge is 2.50. The van der Waals surface area contributed by atoms with Crippen LogP contribution in [-0.2, 0) is 21.7 Å². The van der Waals surface area contributed by atoms with Gasteiger partial charge in [0.05, 0.1) is 11.4 Å². The zero-order chi connectivity index (χ0) is 58.6. The first-order valence-electron chi connectivity index (χ1n) is 30.1. The lowest BCUT2D eigenvalue weighted by Gasteiger charge is -2.43. The van der Waals surface area contributed by atoms with Crippen LogP contribution in [0, 0.1) is 0 Å². The van der Waals surface area contributed by atoms with Crippen LogP contribution < -0.4 is 25.7 Å². The summed E-state index contributed by atoms with van der Waals surface area (Å²) in [4.78, 5) is 7.48. The van der Waals surface area contributed by atoms with Crippen molar-refractivity contribution in [3.05, 3.63) is 229 Å². The molecule has 0 saturated heterocycles. The second-order valence-corrected chi connectivity index (χ2v) is 28.9. The Morgan fingerprint density at radius 1 is 0.388 bits per heavy atom. The van der Waals surface area contributed by atoms with Crippen LogP contribution in [-0.4, -0.2) is 6.85 Å². The fourth-order valence-electron chi connectivity index (χ4n) is 13.3. The zero-order valence-electron chi connectivity index (χ0n) is 50.8. The van der Waals surface area contributed by atoms with Gasteiger partial charge in [0.1, 0.15) is 16.8 Å². The van der Waals surface area contributed by atoms with E-state index in [4.69, 9.17) is 8.83 Å². The predicted molar refractivity (Wildman–Crippen MR) is 365 cm³/mol. The monoisotopic (exact) mass is 1120 g/mol. The molecule has 0 atom stereocenters. The largest absolute Gasteiger partial charge is 0.466 e. The lowest BCUT2D eigenvalue weighted by atomic mass is 9.45. The van der Waals surface area contributed by atoms with Gasteiger partial charge in [0.25, 0.3) is 0 Å². The van der Waals surface area contributed by atoms with Crippen molar-refractivity contribution >= 4 is 128 Å². The molecular weight excluding hydrogens is 1050 g/mol. The molecular formula is C78H70BN3O2S. The van der Waals surface area contributed by atoms with Gasteiger partial charge < -0.3 is 23.4 Å². The quantitative estimate of drug-likeness (QED) is 0.155. The Hall–Kier alpha value is -8.78. The molecule has 418 valence electrons. The number of benzene rings is 10. The lowest BCUT2D eigenvalue weighted by molar-refractivity contribution is 0.590. The number of hydrogen-bond donors (Lipinski definition) is 0. The Kier molecular flexibility index (Phi) is 11.8. The van der Waals surface area contributed by atoms with Crippen molar-refractivity contribution in [3.8, 4) is 22.3 Å². The Balaban J connectivity index is 1.01. The van der Waals surface area contributed by atoms with Gasteiger partial charge in [-0.05, 0) is 163 Å². The van der Waals surface area contributed by atoms with Gasteiger partial charge in [-0.2, -0.15) is 0 Å². The number of thiophene rings is 1. The second-order valence-electron chi connectivity index (χ2n) is 27.8.